The minimum atomic E-state index is -3.09. The monoisotopic (exact) mass is 356 g/mol. The van der Waals surface area contributed by atoms with Crippen molar-refractivity contribution >= 4 is 17.2 Å². The highest BCUT2D eigenvalue weighted by atomic mass is 32.1. The minimum Gasteiger partial charge on any atom is -0.354 e. The van der Waals surface area contributed by atoms with E-state index in [0.29, 0.717) is 28.7 Å². The van der Waals surface area contributed by atoms with E-state index in [1.165, 1.54) is 18.3 Å². The first-order valence-corrected chi connectivity index (χ1v) is 8.32. The Kier molecular flexibility index (Phi) is 4.41. The molecule has 130 valence electrons. The molecular formula is C15H18F2N4O2S. The van der Waals surface area contributed by atoms with Gasteiger partial charge in [0, 0.05) is 25.6 Å². The smallest absolute Gasteiger partial charge is 0.304 e. The Morgan fingerprint density at radius 1 is 1.42 bits per heavy atom. The fourth-order valence-electron chi connectivity index (χ4n) is 2.70. The highest BCUT2D eigenvalue weighted by molar-refractivity contribution is 7.17. The topological polar surface area (TPSA) is 75.6 Å². The van der Waals surface area contributed by atoms with Gasteiger partial charge >= 0.3 is 5.92 Å². The summed E-state index contributed by atoms with van der Waals surface area (Å²) in [6.07, 6.45) is 0.817. The van der Waals surface area contributed by atoms with E-state index >= 15 is 0 Å². The van der Waals surface area contributed by atoms with Gasteiger partial charge in [0.15, 0.2) is 0 Å². The normalized spacial score (nSPS) is 16.6. The van der Waals surface area contributed by atoms with Crippen molar-refractivity contribution < 1.29 is 18.1 Å². The minimum absolute atomic E-state index is 0.122. The van der Waals surface area contributed by atoms with Crippen LogP contribution in [0.4, 0.5) is 8.78 Å². The maximum atomic E-state index is 13.4. The van der Waals surface area contributed by atoms with Crippen molar-refractivity contribution in [1.29, 1.82) is 0 Å². The summed E-state index contributed by atoms with van der Waals surface area (Å²) in [7, 11) is 0. The Labute approximate surface area is 141 Å². The van der Waals surface area contributed by atoms with Crippen LogP contribution in [0.5, 0.6) is 0 Å². The van der Waals surface area contributed by atoms with Gasteiger partial charge in [-0.25, -0.2) is 5.01 Å². The van der Waals surface area contributed by atoms with Crippen LogP contribution in [0.15, 0.2) is 16.7 Å². The largest absolute Gasteiger partial charge is 0.354 e. The van der Waals surface area contributed by atoms with Gasteiger partial charge in [0.25, 0.3) is 5.91 Å². The second kappa shape index (κ2) is 6.23. The molecule has 2 aromatic heterocycles. The van der Waals surface area contributed by atoms with Gasteiger partial charge in [0.2, 0.25) is 5.76 Å². The predicted molar refractivity (Wildman–Crippen MR) is 85.5 cm³/mol. The average molecular weight is 356 g/mol. The Morgan fingerprint density at radius 3 is 2.79 bits per heavy atom. The summed E-state index contributed by atoms with van der Waals surface area (Å²) in [6.45, 7) is 4.08. The summed E-state index contributed by atoms with van der Waals surface area (Å²) in [6, 6.07) is 3.38. The molecule has 3 heterocycles. The number of hydrazine groups is 1. The maximum Gasteiger partial charge on any atom is 0.304 e. The standard InChI is InChI=1S/C15H18F2N4O2S/c1-9-12(19-23-13(9)15(2,16)17)10-4-5-11(24-10)14(22)20-6-3-7-21(18)8-20/h4-5H,3,6-8,18H2,1-2H3. The zero-order valence-electron chi connectivity index (χ0n) is 13.4. The van der Waals surface area contributed by atoms with Crippen molar-refractivity contribution in [2.45, 2.75) is 26.2 Å². The molecule has 3 rings (SSSR count). The van der Waals surface area contributed by atoms with Crippen molar-refractivity contribution in [1.82, 2.24) is 15.1 Å². The van der Waals surface area contributed by atoms with Gasteiger partial charge in [0.1, 0.15) is 5.69 Å². The molecule has 2 N–H and O–H groups in total. The number of hydrogen-bond donors (Lipinski definition) is 1. The third-order valence-electron chi connectivity index (χ3n) is 3.89. The van der Waals surface area contributed by atoms with Crippen molar-refractivity contribution in [3.05, 3.63) is 28.3 Å². The molecule has 0 unspecified atom stereocenters. The van der Waals surface area contributed by atoms with Crippen LogP contribution in [0.25, 0.3) is 10.6 Å². The molecule has 1 aliphatic heterocycles. The number of carbonyl (C=O) groups is 1. The van der Waals surface area contributed by atoms with Crippen LogP contribution in [0, 0.1) is 6.92 Å². The fourth-order valence-corrected chi connectivity index (χ4v) is 3.71. The molecule has 0 bridgehead atoms. The van der Waals surface area contributed by atoms with E-state index < -0.39 is 11.7 Å². The van der Waals surface area contributed by atoms with Crippen LogP contribution in [0.1, 0.15) is 34.3 Å². The van der Waals surface area contributed by atoms with Crippen LogP contribution in [0.3, 0.4) is 0 Å². The number of nitrogens with two attached hydrogens (primary N) is 1. The summed E-state index contributed by atoms with van der Waals surface area (Å²) in [4.78, 5) is 15.3. The molecule has 2 aromatic rings. The zero-order chi connectivity index (χ0) is 17.5. The lowest BCUT2D eigenvalue weighted by Crippen LogP contribution is -2.50. The number of rotatable bonds is 3. The molecule has 6 nitrogen and oxygen atoms in total. The Morgan fingerprint density at radius 2 is 2.17 bits per heavy atom. The van der Waals surface area contributed by atoms with Crippen LogP contribution >= 0.6 is 11.3 Å². The average Bonchev–Trinajstić information content (AvgIpc) is 3.12. The summed E-state index contributed by atoms with van der Waals surface area (Å²) in [5.41, 5.74) is 0.629. The Balaban J connectivity index is 1.83. The highest BCUT2D eigenvalue weighted by Gasteiger charge is 2.34. The summed E-state index contributed by atoms with van der Waals surface area (Å²) in [5.74, 6) is 2.08. The molecule has 0 spiro atoms. The van der Waals surface area contributed by atoms with Crippen molar-refractivity contribution in [3.8, 4) is 10.6 Å². The maximum absolute atomic E-state index is 13.4. The molecule has 24 heavy (non-hydrogen) atoms. The zero-order valence-corrected chi connectivity index (χ0v) is 14.2. The van der Waals surface area contributed by atoms with Gasteiger partial charge in [-0.3, -0.25) is 10.6 Å². The number of hydrogen-bond acceptors (Lipinski definition) is 6. The first-order valence-electron chi connectivity index (χ1n) is 7.51. The summed E-state index contributed by atoms with van der Waals surface area (Å²) < 4.78 is 31.7. The molecule has 0 atom stereocenters. The lowest BCUT2D eigenvalue weighted by molar-refractivity contribution is -0.0112. The van der Waals surface area contributed by atoms with Gasteiger partial charge in [-0.15, -0.1) is 11.3 Å². The lowest BCUT2D eigenvalue weighted by atomic mass is 10.1. The molecule has 1 amide bonds. The molecule has 1 aliphatic rings. The molecule has 0 aliphatic carbocycles. The van der Waals surface area contributed by atoms with Crippen LogP contribution in [-0.2, 0) is 5.92 Å². The molecule has 0 radical (unpaired) electrons. The summed E-state index contributed by atoms with van der Waals surface area (Å²) in [5, 5.41) is 5.34. The third-order valence-corrected chi connectivity index (χ3v) is 4.97. The first-order chi connectivity index (χ1) is 11.3. The van der Waals surface area contributed by atoms with Gasteiger partial charge in [-0.2, -0.15) is 8.78 Å². The van der Waals surface area contributed by atoms with E-state index in [2.05, 4.69) is 5.16 Å². The van der Waals surface area contributed by atoms with E-state index in [-0.39, 0.29) is 11.5 Å². The Hall–Kier alpha value is -1.84. The van der Waals surface area contributed by atoms with E-state index in [9.17, 15) is 13.6 Å². The molecule has 1 fully saturated rings. The van der Waals surface area contributed by atoms with E-state index in [1.807, 2.05) is 0 Å². The number of carbonyl (C=O) groups excluding carboxylic acids is 1. The van der Waals surface area contributed by atoms with E-state index in [0.717, 1.165) is 19.9 Å². The van der Waals surface area contributed by atoms with E-state index in [4.69, 9.17) is 10.4 Å². The van der Waals surface area contributed by atoms with Crippen LogP contribution in [-0.4, -0.2) is 40.7 Å². The third kappa shape index (κ3) is 3.19. The quantitative estimate of drug-likeness (QED) is 0.856. The summed E-state index contributed by atoms with van der Waals surface area (Å²) >= 11 is 1.21. The number of amides is 1. The number of thiophene rings is 1. The lowest BCUT2D eigenvalue weighted by Gasteiger charge is -2.32. The van der Waals surface area contributed by atoms with Crippen molar-refractivity contribution in [3.63, 3.8) is 0 Å². The van der Waals surface area contributed by atoms with E-state index in [1.54, 1.807) is 22.0 Å². The SMILES string of the molecule is Cc1c(-c2ccc(C(=O)N3CCCN(N)C3)s2)noc1C(C)(F)F. The number of alkyl halides is 2. The van der Waals surface area contributed by atoms with Gasteiger partial charge < -0.3 is 9.42 Å². The fraction of sp³-hybridized carbons (Fsp3) is 0.467. The number of halogens is 2. The van der Waals surface area contributed by atoms with Gasteiger partial charge in [0.05, 0.1) is 16.4 Å². The molecule has 0 saturated carbocycles. The first kappa shape index (κ1) is 17.0. The van der Waals surface area contributed by atoms with Crippen LogP contribution in [0.2, 0.25) is 0 Å². The molecule has 1 saturated heterocycles. The second-order valence-corrected chi connectivity index (χ2v) is 7.00. The molecule has 9 heteroatoms. The highest BCUT2D eigenvalue weighted by Crippen LogP contribution is 2.37. The molecular weight excluding hydrogens is 338 g/mol. The van der Waals surface area contributed by atoms with Crippen LogP contribution < -0.4 is 5.84 Å². The van der Waals surface area contributed by atoms with Gasteiger partial charge in [-0.05, 0) is 25.5 Å². The van der Waals surface area contributed by atoms with Crippen molar-refractivity contribution in [2.24, 2.45) is 5.84 Å². The van der Waals surface area contributed by atoms with Crippen molar-refractivity contribution in [2.75, 3.05) is 19.8 Å². The number of aromatic nitrogens is 1. The Bertz CT molecular complexity index is 753. The predicted octanol–water partition coefficient (Wildman–Crippen LogP) is 2.80. The van der Waals surface area contributed by atoms with Gasteiger partial charge in [-0.1, -0.05) is 5.16 Å². The molecule has 0 aromatic carbocycles. The second-order valence-electron chi connectivity index (χ2n) is 5.91. The number of nitrogens with zero attached hydrogens (tertiary/aromatic N) is 3.